The SMILES string of the molecule is Cc1cccc(C)c1CN1C2CCC1CC(N)C2. The molecule has 2 heteroatoms. The first-order chi connectivity index (χ1) is 8.65. The van der Waals surface area contributed by atoms with Crippen LogP contribution in [0.5, 0.6) is 0 Å². The van der Waals surface area contributed by atoms with Gasteiger partial charge in [0, 0.05) is 24.7 Å². The lowest BCUT2D eigenvalue weighted by molar-refractivity contribution is 0.119. The predicted molar refractivity (Wildman–Crippen MR) is 75.5 cm³/mol. The summed E-state index contributed by atoms with van der Waals surface area (Å²) in [4.78, 5) is 2.72. The second kappa shape index (κ2) is 4.67. The molecular formula is C16H24N2. The molecule has 2 unspecified atom stereocenters. The van der Waals surface area contributed by atoms with Crippen LogP contribution in [0.15, 0.2) is 18.2 Å². The van der Waals surface area contributed by atoms with Crippen molar-refractivity contribution >= 4 is 0 Å². The molecule has 18 heavy (non-hydrogen) atoms. The van der Waals surface area contributed by atoms with E-state index in [4.69, 9.17) is 5.73 Å². The van der Waals surface area contributed by atoms with Gasteiger partial charge in [0.05, 0.1) is 0 Å². The molecule has 2 fully saturated rings. The molecule has 2 bridgehead atoms. The molecule has 98 valence electrons. The van der Waals surface area contributed by atoms with Crippen molar-refractivity contribution in [3.63, 3.8) is 0 Å². The summed E-state index contributed by atoms with van der Waals surface area (Å²) < 4.78 is 0. The summed E-state index contributed by atoms with van der Waals surface area (Å²) >= 11 is 0. The molecule has 0 aromatic heterocycles. The van der Waals surface area contributed by atoms with Crippen molar-refractivity contribution in [2.75, 3.05) is 0 Å². The molecule has 2 atom stereocenters. The Labute approximate surface area is 110 Å². The number of hydrogen-bond acceptors (Lipinski definition) is 2. The van der Waals surface area contributed by atoms with E-state index in [1.165, 1.54) is 42.4 Å². The molecule has 1 aromatic rings. The average molecular weight is 244 g/mol. The molecule has 0 radical (unpaired) electrons. The highest BCUT2D eigenvalue weighted by atomic mass is 15.2. The van der Waals surface area contributed by atoms with Gasteiger partial charge in [-0.1, -0.05) is 18.2 Å². The summed E-state index contributed by atoms with van der Waals surface area (Å²) in [5.41, 5.74) is 10.5. The lowest BCUT2D eigenvalue weighted by Gasteiger charge is -2.38. The van der Waals surface area contributed by atoms with Crippen molar-refractivity contribution in [3.8, 4) is 0 Å². The molecule has 2 aliphatic rings. The lowest BCUT2D eigenvalue weighted by atomic mass is 9.95. The number of aryl methyl sites for hydroxylation is 2. The second-order valence-electron chi connectivity index (χ2n) is 6.16. The van der Waals surface area contributed by atoms with Gasteiger partial charge in [0.2, 0.25) is 0 Å². The lowest BCUT2D eigenvalue weighted by Crippen LogP contribution is -2.46. The number of hydrogen-bond donors (Lipinski definition) is 1. The zero-order chi connectivity index (χ0) is 12.7. The fraction of sp³-hybridized carbons (Fsp3) is 0.625. The van der Waals surface area contributed by atoms with Gasteiger partial charge in [-0.15, -0.1) is 0 Å². The van der Waals surface area contributed by atoms with Crippen molar-refractivity contribution in [1.29, 1.82) is 0 Å². The van der Waals surface area contributed by atoms with Crippen LogP contribution in [0.2, 0.25) is 0 Å². The Bertz CT molecular complexity index is 406. The maximum absolute atomic E-state index is 6.14. The van der Waals surface area contributed by atoms with Crippen LogP contribution >= 0.6 is 0 Å². The largest absolute Gasteiger partial charge is 0.328 e. The van der Waals surface area contributed by atoms with Crippen molar-refractivity contribution in [2.45, 2.75) is 64.2 Å². The summed E-state index contributed by atoms with van der Waals surface area (Å²) in [7, 11) is 0. The number of benzene rings is 1. The van der Waals surface area contributed by atoms with Crippen LogP contribution in [0.3, 0.4) is 0 Å². The van der Waals surface area contributed by atoms with Crippen LogP contribution in [0.1, 0.15) is 42.4 Å². The molecule has 2 saturated heterocycles. The van der Waals surface area contributed by atoms with Gasteiger partial charge in [-0.3, -0.25) is 4.90 Å². The van der Waals surface area contributed by atoms with Gasteiger partial charge >= 0.3 is 0 Å². The first-order valence-corrected chi connectivity index (χ1v) is 7.21. The Morgan fingerprint density at radius 1 is 1.11 bits per heavy atom. The van der Waals surface area contributed by atoms with E-state index in [-0.39, 0.29) is 0 Å². The third kappa shape index (κ3) is 2.08. The fourth-order valence-electron chi connectivity index (χ4n) is 3.86. The molecular weight excluding hydrogens is 220 g/mol. The Hall–Kier alpha value is -0.860. The van der Waals surface area contributed by atoms with Crippen molar-refractivity contribution in [1.82, 2.24) is 4.90 Å². The third-order valence-electron chi connectivity index (χ3n) is 4.91. The van der Waals surface area contributed by atoms with Gasteiger partial charge in [-0.25, -0.2) is 0 Å². The summed E-state index contributed by atoms with van der Waals surface area (Å²) in [6.45, 7) is 5.60. The molecule has 0 aliphatic carbocycles. The van der Waals surface area contributed by atoms with E-state index in [9.17, 15) is 0 Å². The Morgan fingerprint density at radius 2 is 1.67 bits per heavy atom. The number of piperidine rings is 1. The summed E-state index contributed by atoms with van der Waals surface area (Å²) in [5.74, 6) is 0. The smallest absolute Gasteiger partial charge is 0.0244 e. The Balaban J connectivity index is 1.81. The predicted octanol–water partition coefficient (Wildman–Crippen LogP) is 2.76. The molecule has 1 aromatic carbocycles. The second-order valence-corrected chi connectivity index (χ2v) is 6.16. The topological polar surface area (TPSA) is 29.3 Å². The maximum atomic E-state index is 6.14. The van der Waals surface area contributed by atoms with Crippen LogP contribution in [0.25, 0.3) is 0 Å². The third-order valence-corrected chi connectivity index (χ3v) is 4.91. The first-order valence-electron chi connectivity index (χ1n) is 7.21. The van der Waals surface area contributed by atoms with Crippen molar-refractivity contribution < 1.29 is 0 Å². The van der Waals surface area contributed by atoms with Crippen molar-refractivity contribution in [3.05, 3.63) is 34.9 Å². The van der Waals surface area contributed by atoms with E-state index in [1.807, 2.05) is 0 Å². The minimum absolute atomic E-state index is 0.441. The minimum Gasteiger partial charge on any atom is -0.328 e. The van der Waals surface area contributed by atoms with Crippen LogP contribution < -0.4 is 5.73 Å². The van der Waals surface area contributed by atoms with Gasteiger partial charge in [-0.2, -0.15) is 0 Å². The van der Waals surface area contributed by atoms with Gasteiger partial charge in [-0.05, 0) is 56.2 Å². The highest BCUT2D eigenvalue weighted by molar-refractivity contribution is 5.33. The average Bonchev–Trinajstić information content (AvgIpc) is 2.56. The zero-order valence-electron chi connectivity index (χ0n) is 11.5. The van der Waals surface area contributed by atoms with E-state index in [0.29, 0.717) is 6.04 Å². The number of nitrogens with two attached hydrogens (primary N) is 1. The van der Waals surface area contributed by atoms with Gasteiger partial charge in [0.1, 0.15) is 0 Å². The van der Waals surface area contributed by atoms with E-state index in [0.717, 1.165) is 18.6 Å². The number of nitrogens with zero attached hydrogens (tertiary/aromatic N) is 1. The molecule has 2 aliphatic heterocycles. The van der Waals surface area contributed by atoms with Crippen LogP contribution in [-0.4, -0.2) is 23.0 Å². The van der Waals surface area contributed by atoms with E-state index in [1.54, 1.807) is 0 Å². The number of rotatable bonds is 2. The summed E-state index contributed by atoms with van der Waals surface area (Å²) in [6.07, 6.45) is 5.09. The van der Waals surface area contributed by atoms with E-state index in [2.05, 4.69) is 36.9 Å². The standard InChI is InChI=1S/C16H24N2/c1-11-4-3-5-12(2)16(11)10-18-14-6-7-15(18)9-13(17)8-14/h3-5,13-15H,6-10,17H2,1-2H3. The van der Waals surface area contributed by atoms with Gasteiger partial charge < -0.3 is 5.73 Å². The monoisotopic (exact) mass is 244 g/mol. The van der Waals surface area contributed by atoms with Crippen molar-refractivity contribution in [2.24, 2.45) is 5.73 Å². The van der Waals surface area contributed by atoms with E-state index >= 15 is 0 Å². The van der Waals surface area contributed by atoms with Crippen LogP contribution in [-0.2, 0) is 6.54 Å². The molecule has 0 saturated carbocycles. The first kappa shape index (κ1) is 12.2. The molecule has 0 spiro atoms. The van der Waals surface area contributed by atoms with E-state index < -0.39 is 0 Å². The molecule has 0 amide bonds. The van der Waals surface area contributed by atoms with Gasteiger partial charge in [0.15, 0.2) is 0 Å². The molecule has 2 N–H and O–H groups in total. The summed E-state index contributed by atoms with van der Waals surface area (Å²) in [6, 6.07) is 8.54. The fourth-order valence-corrected chi connectivity index (χ4v) is 3.86. The minimum atomic E-state index is 0.441. The quantitative estimate of drug-likeness (QED) is 0.867. The molecule has 3 rings (SSSR count). The normalized spacial score (nSPS) is 31.8. The van der Waals surface area contributed by atoms with Gasteiger partial charge in [0.25, 0.3) is 0 Å². The van der Waals surface area contributed by atoms with Crippen LogP contribution in [0, 0.1) is 13.8 Å². The molecule has 2 nitrogen and oxygen atoms in total. The van der Waals surface area contributed by atoms with Crippen LogP contribution in [0.4, 0.5) is 0 Å². The Kier molecular flexibility index (Phi) is 3.16. The highest BCUT2D eigenvalue weighted by Gasteiger charge is 2.39. The maximum Gasteiger partial charge on any atom is 0.0244 e. The molecule has 2 heterocycles. The number of fused-ring (bicyclic) bond motifs is 2. The highest BCUT2D eigenvalue weighted by Crippen LogP contribution is 2.36. The Morgan fingerprint density at radius 3 is 2.22 bits per heavy atom. The summed E-state index contributed by atoms with van der Waals surface area (Å²) in [5, 5.41) is 0. The zero-order valence-corrected chi connectivity index (χ0v) is 11.5.